The van der Waals surface area contributed by atoms with Gasteiger partial charge in [0.25, 0.3) is 0 Å². The molecule has 0 aromatic carbocycles. The summed E-state index contributed by atoms with van der Waals surface area (Å²) in [5.41, 5.74) is 0. The average molecular weight is 284 g/mol. The molecule has 0 aromatic rings. The first-order chi connectivity index (χ1) is 9.56. The van der Waals surface area contributed by atoms with Gasteiger partial charge in [-0.1, -0.05) is 6.42 Å². The molecule has 3 atom stereocenters. The van der Waals surface area contributed by atoms with E-state index in [4.69, 9.17) is 9.84 Å². The second-order valence-electron chi connectivity index (χ2n) is 6.39. The Kier molecular flexibility index (Phi) is 5.81. The molecule has 1 aliphatic carbocycles. The third-order valence-corrected chi connectivity index (χ3v) is 4.56. The van der Waals surface area contributed by atoms with Gasteiger partial charge >= 0.3 is 5.97 Å². The number of ether oxygens (including phenoxy) is 1. The Morgan fingerprint density at radius 1 is 1.45 bits per heavy atom. The van der Waals surface area contributed by atoms with Gasteiger partial charge in [0.15, 0.2) is 0 Å². The van der Waals surface area contributed by atoms with Crippen molar-refractivity contribution in [2.24, 2.45) is 5.92 Å². The second-order valence-corrected chi connectivity index (χ2v) is 6.39. The summed E-state index contributed by atoms with van der Waals surface area (Å²) in [6.07, 6.45) is 3.92. The molecule has 2 aliphatic rings. The lowest BCUT2D eigenvalue weighted by molar-refractivity contribution is -0.143. The lowest BCUT2D eigenvalue weighted by atomic mass is 9.86. The molecular formula is C15H28N2O3. The molecular weight excluding hydrogens is 256 g/mol. The minimum absolute atomic E-state index is 0.166. The van der Waals surface area contributed by atoms with E-state index in [2.05, 4.69) is 24.1 Å². The third kappa shape index (κ3) is 4.43. The van der Waals surface area contributed by atoms with Gasteiger partial charge in [0.1, 0.15) is 0 Å². The summed E-state index contributed by atoms with van der Waals surface area (Å²) in [5.74, 6) is -0.808. The van der Waals surface area contributed by atoms with Crippen molar-refractivity contribution in [3.05, 3.63) is 0 Å². The van der Waals surface area contributed by atoms with Crippen LogP contribution in [0, 0.1) is 5.92 Å². The van der Waals surface area contributed by atoms with Crippen molar-refractivity contribution in [2.75, 3.05) is 26.2 Å². The highest BCUT2D eigenvalue weighted by atomic mass is 16.5. The molecule has 1 aliphatic heterocycles. The summed E-state index contributed by atoms with van der Waals surface area (Å²) in [7, 11) is 0. The Hall–Kier alpha value is -0.650. The van der Waals surface area contributed by atoms with Crippen LogP contribution in [0.5, 0.6) is 0 Å². The van der Waals surface area contributed by atoms with Crippen molar-refractivity contribution in [1.82, 2.24) is 10.2 Å². The van der Waals surface area contributed by atoms with Crippen LogP contribution in [0.1, 0.15) is 39.5 Å². The summed E-state index contributed by atoms with van der Waals surface area (Å²) < 4.78 is 5.80. The van der Waals surface area contributed by atoms with Gasteiger partial charge in [0.2, 0.25) is 0 Å². The molecule has 5 nitrogen and oxygen atoms in total. The predicted octanol–water partition coefficient (Wildman–Crippen LogP) is 1.33. The minimum Gasteiger partial charge on any atom is -0.481 e. The lowest BCUT2D eigenvalue weighted by Gasteiger charge is -2.36. The fraction of sp³-hybridized carbons (Fsp3) is 0.933. The molecule has 2 N–H and O–H groups in total. The van der Waals surface area contributed by atoms with Crippen LogP contribution in [0.2, 0.25) is 0 Å². The first kappa shape index (κ1) is 15.7. The molecule has 0 bridgehead atoms. The van der Waals surface area contributed by atoms with E-state index in [1.165, 1.54) is 0 Å². The zero-order valence-electron chi connectivity index (χ0n) is 12.7. The lowest BCUT2D eigenvalue weighted by Crippen LogP contribution is -2.50. The van der Waals surface area contributed by atoms with Crippen LogP contribution >= 0.6 is 0 Å². The summed E-state index contributed by atoms with van der Waals surface area (Å²) in [6, 6.07) is 0.898. The van der Waals surface area contributed by atoms with Crippen molar-refractivity contribution in [3.63, 3.8) is 0 Å². The van der Waals surface area contributed by atoms with Gasteiger partial charge < -0.3 is 15.2 Å². The molecule has 2 fully saturated rings. The molecule has 3 unspecified atom stereocenters. The van der Waals surface area contributed by atoms with Gasteiger partial charge in [-0.15, -0.1) is 0 Å². The third-order valence-electron chi connectivity index (χ3n) is 4.56. The van der Waals surface area contributed by atoms with Gasteiger partial charge in [0, 0.05) is 31.7 Å². The van der Waals surface area contributed by atoms with Crippen LogP contribution < -0.4 is 5.32 Å². The number of nitrogens with zero attached hydrogens (tertiary/aromatic N) is 1. The number of carbonyl (C=O) groups is 1. The molecule has 1 saturated carbocycles. The van der Waals surface area contributed by atoms with E-state index >= 15 is 0 Å². The molecule has 0 radical (unpaired) electrons. The summed E-state index contributed by atoms with van der Waals surface area (Å²) in [6.45, 7) is 8.05. The van der Waals surface area contributed by atoms with Gasteiger partial charge in [-0.25, -0.2) is 0 Å². The summed E-state index contributed by atoms with van der Waals surface area (Å²) >= 11 is 0. The maximum Gasteiger partial charge on any atom is 0.306 e. The smallest absolute Gasteiger partial charge is 0.306 e. The fourth-order valence-electron chi connectivity index (χ4n) is 3.23. The van der Waals surface area contributed by atoms with Gasteiger partial charge in [-0.05, 0) is 33.1 Å². The van der Waals surface area contributed by atoms with Gasteiger partial charge in [-0.3, -0.25) is 9.69 Å². The highest BCUT2D eigenvalue weighted by Gasteiger charge is 2.28. The zero-order chi connectivity index (χ0) is 14.5. The second kappa shape index (κ2) is 7.38. The van der Waals surface area contributed by atoms with E-state index in [9.17, 15) is 4.79 Å². The largest absolute Gasteiger partial charge is 0.481 e. The van der Waals surface area contributed by atoms with Crippen LogP contribution in [0.15, 0.2) is 0 Å². The molecule has 1 saturated heterocycles. The summed E-state index contributed by atoms with van der Waals surface area (Å²) in [4.78, 5) is 13.5. The minimum atomic E-state index is -0.642. The average Bonchev–Trinajstić information content (AvgIpc) is 2.45. The first-order valence-corrected chi connectivity index (χ1v) is 7.88. The van der Waals surface area contributed by atoms with Crippen LogP contribution in [0.3, 0.4) is 0 Å². The van der Waals surface area contributed by atoms with E-state index in [0.29, 0.717) is 12.1 Å². The van der Waals surface area contributed by atoms with E-state index in [-0.39, 0.29) is 12.0 Å². The highest BCUT2D eigenvalue weighted by Crippen LogP contribution is 2.24. The Labute approximate surface area is 121 Å². The van der Waals surface area contributed by atoms with Crippen LogP contribution in [0.4, 0.5) is 0 Å². The number of rotatable bonds is 5. The van der Waals surface area contributed by atoms with Crippen LogP contribution in [-0.2, 0) is 9.53 Å². The van der Waals surface area contributed by atoms with Crippen molar-refractivity contribution < 1.29 is 14.6 Å². The normalized spacial score (nSPS) is 32.5. The van der Waals surface area contributed by atoms with Crippen molar-refractivity contribution in [1.29, 1.82) is 0 Å². The standard InChI is InChI=1S/C15H28N2O3/c1-11(2)17-6-7-20-14(10-17)9-16-13-5-3-4-12(8-13)15(18)19/h11-14,16H,3-10H2,1-2H3,(H,18,19). The molecule has 5 heteroatoms. The van der Waals surface area contributed by atoms with Gasteiger partial charge in [-0.2, -0.15) is 0 Å². The van der Waals surface area contributed by atoms with Crippen molar-refractivity contribution in [3.8, 4) is 0 Å². The number of carboxylic acid groups (broad SMARTS) is 1. The number of hydrogen-bond acceptors (Lipinski definition) is 4. The monoisotopic (exact) mass is 284 g/mol. The van der Waals surface area contributed by atoms with E-state index in [1.807, 2.05) is 0 Å². The highest BCUT2D eigenvalue weighted by molar-refractivity contribution is 5.70. The van der Waals surface area contributed by atoms with Crippen LogP contribution in [0.25, 0.3) is 0 Å². The zero-order valence-corrected chi connectivity index (χ0v) is 12.7. The Bertz CT molecular complexity index is 322. The molecule has 1 heterocycles. The van der Waals surface area contributed by atoms with Crippen molar-refractivity contribution in [2.45, 2.75) is 57.7 Å². The fourth-order valence-corrected chi connectivity index (χ4v) is 3.23. The van der Waals surface area contributed by atoms with E-state index < -0.39 is 5.97 Å². The number of carboxylic acids is 1. The first-order valence-electron chi connectivity index (χ1n) is 7.88. The molecule has 116 valence electrons. The maximum atomic E-state index is 11.1. The number of hydrogen-bond donors (Lipinski definition) is 2. The SMILES string of the molecule is CC(C)N1CCOC(CNC2CCCC(C(=O)O)C2)C1. The Morgan fingerprint density at radius 2 is 2.25 bits per heavy atom. The molecule has 0 amide bonds. The summed E-state index contributed by atoms with van der Waals surface area (Å²) in [5, 5.41) is 12.6. The molecule has 0 aromatic heterocycles. The Morgan fingerprint density at radius 3 is 2.95 bits per heavy atom. The molecule has 20 heavy (non-hydrogen) atoms. The van der Waals surface area contributed by atoms with Gasteiger partial charge in [0.05, 0.1) is 18.6 Å². The number of aliphatic carboxylic acids is 1. The van der Waals surface area contributed by atoms with E-state index in [1.54, 1.807) is 0 Å². The molecule has 0 spiro atoms. The quantitative estimate of drug-likeness (QED) is 0.797. The number of nitrogens with one attached hydrogen (secondary N) is 1. The topological polar surface area (TPSA) is 61.8 Å². The molecule has 2 rings (SSSR count). The maximum absolute atomic E-state index is 11.1. The Balaban J connectivity index is 1.73. The predicted molar refractivity (Wildman–Crippen MR) is 77.8 cm³/mol. The number of morpholine rings is 1. The van der Waals surface area contributed by atoms with Crippen molar-refractivity contribution >= 4 is 5.97 Å². The van der Waals surface area contributed by atoms with E-state index in [0.717, 1.165) is 51.9 Å². The van der Waals surface area contributed by atoms with Crippen LogP contribution in [-0.4, -0.2) is 60.4 Å².